The van der Waals surface area contributed by atoms with Gasteiger partial charge in [0.15, 0.2) is 6.61 Å². The first-order valence-corrected chi connectivity index (χ1v) is 11.7. The topological polar surface area (TPSA) is 92.8 Å². The number of hydrogen-bond donors (Lipinski definition) is 1. The maximum Gasteiger partial charge on any atom is 0.309 e. The molecule has 1 amide bonds. The summed E-state index contributed by atoms with van der Waals surface area (Å²) >= 11 is 7.19. The quantitative estimate of drug-likeness (QED) is 0.673. The lowest BCUT2D eigenvalue weighted by Crippen LogP contribution is -2.40. The number of halogens is 1. The average molecular weight is 457 g/mol. The van der Waals surface area contributed by atoms with Crippen LogP contribution in [-0.4, -0.2) is 44.3 Å². The van der Waals surface area contributed by atoms with Gasteiger partial charge < -0.3 is 10.1 Å². The Hall–Kier alpha value is -1.94. The van der Waals surface area contributed by atoms with Gasteiger partial charge in [0.25, 0.3) is 15.9 Å². The minimum atomic E-state index is -3.51. The molecule has 10 heteroatoms. The Morgan fingerprint density at radius 3 is 2.62 bits per heavy atom. The molecule has 0 saturated carbocycles. The minimum Gasteiger partial charge on any atom is -0.455 e. The molecule has 2 heterocycles. The van der Waals surface area contributed by atoms with Gasteiger partial charge in [0.05, 0.1) is 5.92 Å². The lowest BCUT2D eigenvalue weighted by Gasteiger charge is -2.29. The van der Waals surface area contributed by atoms with Crippen molar-refractivity contribution in [2.45, 2.75) is 24.0 Å². The lowest BCUT2D eigenvalue weighted by atomic mass is 9.98. The normalized spacial score (nSPS) is 15.8. The zero-order valence-electron chi connectivity index (χ0n) is 15.8. The van der Waals surface area contributed by atoms with E-state index in [0.717, 1.165) is 5.56 Å². The standard InChI is InChI=1S/C19H21ClN2O5S2/c1-13-15(20)4-2-5-16(13)21-17(23)12-27-19(24)14-7-9-22(10-8-14)29(25,26)18-6-3-11-28-18/h2-6,11,14H,7-10,12H2,1H3,(H,21,23). The van der Waals surface area contributed by atoms with E-state index in [1.54, 1.807) is 42.6 Å². The van der Waals surface area contributed by atoms with Gasteiger partial charge in [-0.3, -0.25) is 9.59 Å². The summed E-state index contributed by atoms with van der Waals surface area (Å²) < 4.78 is 31.9. The van der Waals surface area contributed by atoms with Gasteiger partial charge in [-0.15, -0.1) is 11.3 Å². The molecule has 7 nitrogen and oxygen atoms in total. The Bertz CT molecular complexity index is 984. The summed E-state index contributed by atoms with van der Waals surface area (Å²) in [4.78, 5) is 24.3. The third-order valence-electron chi connectivity index (χ3n) is 4.76. The number of hydrogen-bond acceptors (Lipinski definition) is 6. The molecule has 1 aliphatic heterocycles. The third kappa shape index (κ3) is 5.16. The molecule has 0 bridgehead atoms. The van der Waals surface area contributed by atoms with E-state index in [1.165, 1.54) is 15.6 Å². The largest absolute Gasteiger partial charge is 0.455 e. The maximum atomic E-state index is 12.5. The van der Waals surface area contributed by atoms with Crippen LogP contribution in [0.5, 0.6) is 0 Å². The second-order valence-corrected chi connectivity index (χ2v) is 10.2. The number of nitrogens with zero attached hydrogens (tertiary/aromatic N) is 1. The molecule has 0 unspecified atom stereocenters. The Balaban J connectivity index is 1.47. The number of rotatable bonds is 6. The Morgan fingerprint density at radius 2 is 1.97 bits per heavy atom. The molecule has 1 fully saturated rings. The number of esters is 1. The fraction of sp³-hybridized carbons (Fsp3) is 0.368. The van der Waals surface area contributed by atoms with Crippen LogP contribution in [0.2, 0.25) is 5.02 Å². The monoisotopic (exact) mass is 456 g/mol. The van der Waals surface area contributed by atoms with E-state index >= 15 is 0 Å². The molecule has 29 heavy (non-hydrogen) atoms. The van der Waals surface area contributed by atoms with Gasteiger partial charge in [0, 0.05) is 23.8 Å². The fourth-order valence-corrected chi connectivity index (χ4v) is 5.84. The smallest absolute Gasteiger partial charge is 0.309 e. The summed E-state index contributed by atoms with van der Waals surface area (Å²) in [6.45, 7) is 1.86. The van der Waals surface area contributed by atoms with Crippen molar-refractivity contribution in [2.24, 2.45) is 5.92 Å². The van der Waals surface area contributed by atoms with Crippen LogP contribution in [-0.2, 0) is 24.3 Å². The molecule has 0 atom stereocenters. The van der Waals surface area contributed by atoms with Crippen LogP contribution in [0.3, 0.4) is 0 Å². The highest BCUT2D eigenvalue weighted by molar-refractivity contribution is 7.91. The predicted octanol–water partition coefficient (Wildman–Crippen LogP) is 3.29. The number of anilines is 1. The summed E-state index contributed by atoms with van der Waals surface area (Å²) in [5, 5.41) is 4.91. The summed E-state index contributed by atoms with van der Waals surface area (Å²) in [7, 11) is -3.51. The molecule has 2 aromatic rings. The Morgan fingerprint density at radius 1 is 1.24 bits per heavy atom. The number of carbonyl (C=O) groups is 2. The molecule has 1 N–H and O–H groups in total. The molecule has 3 rings (SSSR count). The van der Waals surface area contributed by atoms with Crippen LogP contribution in [0.15, 0.2) is 39.9 Å². The highest BCUT2D eigenvalue weighted by Gasteiger charge is 2.33. The van der Waals surface area contributed by atoms with Gasteiger partial charge in [-0.25, -0.2) is 8.42 Å². The van der Waals surface area contributed by atoms with Crippen molar-refractivity contribution in [3.8, 4) is 0 Å². The van der Waals surface area contributed by atoms with Crippen LogP contribution >= 0.6 is 22.9 Å². The SMILES string of the molecule is Cc1c(Cl)cccc1NC(=O)COC(=O)C1CCN(S(=O)(=O)c2cccs2)CC1. The zero-order chi connectivity index (χ0) is 21.0. The van der Waals surface area contributed by atoms with Gasteiger partial charge in [0.1, 0.15) is 4.21 Å². The molecule has 0 radical (unpaired) electrons. The molecule has 0 aliphatic carbocycles. The minimum absolute atomic E-state index is 0.244. The molecule has 0 spiro atoms. The number of ether oxygens (including phenoxy) is 1. The molecule has 156 valence electrons. The Labute approximate surface area is 178 Å². The summed E-state index contributed by atoms with van der Waals surface area (Å²) in [6, 6.07) is 8.41. The fourth-order valence-electron chi connectivity index (χ4n) is 3.05. The van der Waals surface area contributed by atoms with E-state index in [-0.39, 0.29) is 13.1 Å². The van der Waals surface area contributed by atoms with E-state index in [1.807, 2.05) is 0 Å². The third-order valence-corrected chi connectivity index (χ3v) is 8.44. The lowest BCUT2D eigenvalue weighted by molar-refractivity contribution is -0.152. The number of amides is 1. The highest BCUT2D eigenvalue weighted by atomic mass is 35.5. The molecule has 1 aliphatic rings. The molecular weight excluding hydrogens is 436 g/mol. The zero-order valence-corrected chi connectivity index (χ0v) is 18.1. The first kappa shape index (κ1) is 21.8. The molecule has 1 aromatic heterocycles. The molecular formula is C19H21ClN2O5S2. The van der Waals surface area contributed by atoms with Crippen LogP contribution in [0.1, 0.15) is 18.4 Å². The number of carbonyl (C=O) groups excluding carboxylic acids is 2. The summed E-state index contributed by atoms with van der Waals surface area (Å²) in [5.41, 5.74) is 1.29. The maximum absolute atomic E-state index is 12.5. The summed E-state index contributed by atoms with van der Waals surface area (Å²) in [6.07, 6.45) is 0.719. The second-order valence-electron chi connectivity index (χ2n) is 6.68. The van der Waals surface area contributed by atoms with Crippen LogP contribution in [0.25, 0.3) is 0 Å². The second kappa shape index (κ2) is 9.25. The van der Waals surface area contributed by atoms with Crippen molar-refractivity contribution in [1.29, 1.82) is 0 Å². The number of benzene rings is 1. The van der Waals surface area contributed by atoms with Crippen molar-refractivity contribution in [3.63, 3.8) is 0 Å². The summed E-state index contributed by atoms with van der Waals surface area (Å²) in [5.74, 6) is -1.37. The van der Waals surface area contributed by atoms with Crippen LogP contribution < -0.4 is 5.32 Å². The van der Waals surface area contributed by atoms with E-state index in [2.05, 4.69) is 5.32 Å². The predicted molar refractivity (Wildman–Crippen MR) is 112 cm³/mol. The van der Waals surface area contributed by atoms with Crippen molar-refractivity contribution in [1.82, 2.24) is 4.31 Å². The van der Waals surface area contributed by atoms with E-state index in [9.17, 15) is 18.0 Å². The average Bonchev–Trinajstić information content (AvgIpc) is 3.25. The van der Waals surface area contributed by atoms with Crippen molar-refractivity contribution >= 4 is 50.5 Å². The van der Waals surface area contributed by atoms with Crippen LogP contribution in [0, 0.1) is 12.8 Å². The first-order valence-electron chi connectivity index (χ1n) is 9.04. The van der Waals surface area contributed by atoms with Crippen molar-refractivity contribution in [2.75, 3.05) is 25.0 Å². The van der Waals surface area contributed by atoms with E-state index in [4.69, 9.17) is 16.3 Å². The van der Waals surface area contributed by atoms with Gasteiger partial charge in [0.2, 0.25) is 0 Å². The molecule has 1 saturated heterocycles. The van der Waals surface area contributed by atoms with Crippen molar-refractivity contribution < 1.29 is 22.7 Å². The van der Waals surface area contributed by atoms with Gasteiger partial charge in [-0.1, -0.05) is 23.7 Å². The van der Waals surface area contributed by atoms with E-state index in [0.29, 0.717) is 27.8 Å². The Kier molecular flexibility index (Phi) is 6.94. The van der Waals surface area contributed by atoms with Crippen LogP contribution in [0.4, 0.5) is 5.69 Å². The molecule has 1 aromatic carbocycles. The van der Waals surface area contributed by atoms with Crippen molar-refractivity contribution in [3.05, 3.63) is 46.3 Å². The first-order chi connectivity index (χ1) is 13.8. The van der Waals surface area contributed by atoms with Gasteiger partial charge >= 0.3 is 5.97 Å². The van der Waals surface area contributed by atoms with Gasteiger partial charge in [-0.2, -0.15) is 4.31 Å². The number of thiophene rings is 1. The van der Waals surface area contributed by atoms with E-state index < -0.39 is 34.4 Å². The number of sulfonamides is 1. The number of piperidine rings is 1. The number of nitrogens with one attached hydrogen (secondary N) is 1. The highest BCUT2D eigenvalue weighted by Crippen LogP contribution is 2.27. The van der Waals surface area contributed by atoms with Gasteiger partial charge in [-0.05, 0) is 48.9 Å².